The van der Waals surface area contributed by atoms with Crippen LogP contribution < -0.4 is 21.3 Å². The van der Waals surface area contributed by atoms with Gasteiger partial charge in [0, 0.05) is 75.3 Å². The van der Waals surface area contributed by atoms with Gasteiger partial charge in [-0.05, 0) is 115 Å². The minimum Gasteiger partial charge on any atom is -0.391 e. The molecular formula is C75H112N12O14. The molecule has 0 unspecified atom stereocenters. The highest BCUT2D eigenvalue weighted by Crippen LogP contribution is 2.23. The fraction of sp³-hybridized carbons (Fsp3) is 0.600. The Morgan fingerprint density at radius 1 is 0.495 bits per heavy atom. The lowest BCUT2D eigenvalue weighted by Gasteiger charge is -2.37. The molecule has 26 heteroatoms. The van der Waals surface area contributed by atoms with E-state index in [2.05, 4.69) is 21.3 Å². The molecular weight excluding hydrogens is 1290 g/mol. The number of ether oxygens (including phenoxy) is 1. The molecule has 2 saturated heterocycles. The third-order valence-electron chi connectivity index (χ3n) is 19.0. The first-order valence-corrected chi connectivity index (χ1v) is 35.2. The lowest BCUT2D eigenvalue weighted by Crippen LogP contribution is -2.62. The summed E-state index contributed by atoms with van der Waals surface area (Å²) < 4.78 is 6.15. The third kappa shape index (κ3) is 23.9. The van der Waals surface area contributed by atoms with Crippen LogP contribution in [0.25, 0.3) is 0 Å². The SMILES string of the molecule is CC(C)C[C@H]1C(=O)N(C)[C@@H](Cc2ccccc2)C(=O)N[C@@H](COC(C)(C)C)C(=O)N(C)[C@@H](C)C(=O)N[C@H](C(=O)N2CCCCC2)CC(=O)N(C)[C@@H](C)C(=O)N(C)[C@@H](Cc2ccccc2)C(=O)N[C@@H](CCc2ccccc2)C(=O)N(C)[C@@H](CC(C)C)C(=O)N[C@@H]([C@@H](C)O)C(=O)N(C)CC(=O)N1C. The van der Waals surface area contributed by atoms with Crippen LogP contribution in [0, 0.1) is 11.8 Å². The largest absolute Gasteiger partial charge is 0.391 e. The quantitative estimate of drug-likeness (QED) is 0.146. The summed E-state index contributed by atoms with van der Waals surface area (Å²) in [4.78, 5) is 188. The number of aliphatic hydroxyl groups is 1. The number of hydrogen-bond donors (Lipinski definition) is 5. The van der Waals surface area contributed by atoms with Crippen molar-refractivity contribution in [2.75, 3.05) is 75.6 Å². The van der Waals surface area contributed by atoms with E-state index >= 15 is 19.2 Å². The summed E-state index contributed by atoms with van der Waals surface area (Å²) in [5.41, 5.74) is 1.23. The van der Waals surface area contributed by atoms with Crippen molar-refractivity contribution in [1.82, 2.24) is 60.5 Å². The smallest absolute Gasteiger partial charge is 0.248 e. The summed E-state index contributed by atoms with van der Waals surface area (Å²) in [6.45, 7) is 16.4. The Kier molecular flexibility index (Phi) is 31.4. The predicted octanol–water partition coefficient (Wildman–Crippen LogP) is 3.21. The Morgan fingerprint density at radius 2 is 0.950 bits per heavy atom. The number of carbonyl (C=O) groups excluding carboxylic acids is 12. The monoisotopic (exact) mass is 1400 g/mol. The number of carbonyl (C=O) groups is 12. The van der Waals surface area contributed by atoms with E-state index in [-0.39, 0.29) is 50.4 Å². The number of benzene rings is 3. The van der Waals surface area contributed by atoms with Crippen molar-refractivity contribution in [3.8, 4) is 0 Å². The summed E-state index contributed by atoms with van der Waals surface area (Å²) in [5.74, 6) is -9.46. The Labute approximate surface area is 596 Å². The highest BCUT2D eigenvalue weighted by atomic mass is 16.5. The summed E-state index contributed by atoms with van der Waals surface area (Å²) in [5, 5.41) is 22.5. The van der Waals surface area contributed by atoms with Crippen LogP contribution in [0.4, 0.5) is 0 Å². The molecule has 5 N–H and O–H groups in total. The van der Waals surface area contributed by atoms with E-state index in [0.717, 1.165) is 26.7 Å². The minimum atomic E-state index is -1.67. The number of hydrogen-bond acceptors (Lipinski definition) is 14. The number of aryl methyl sites for hydroxylation is 1. The normalized spacial score (nSPS) is 24.9. The van der Waals surface area contributed by atoms with E-state index in [0.29, 0.717) is 37.1 Å². The standard InChI is InChI=1S/C75H112N12O14/c1-47(2)40-58-68(94)79-64(51(7)88)74(100)80(11)45-63(90)83(14)61(41-48(3)4)73(99)86(17)60(43-54-34-26-20-27-35-54)67(93)78-57(46-101-75(8,9)10)71(97)82(13)49(5)65(91)77-56(72(98)87-38-28-21-29-39-87)44-62(89)81(12)50(6)69(95)84(15)59(42-53-32-24-19-25-33-53)66(92)76-55(70(96)85(58)16)37-36-52-30-22-18-23-31-52/h18-20,22-27,30-35,47-51,55-61,64,88H,21,28-29,36-46H2,1-17H3,(H,76,92)(H,77,91)(H,78,93)(H,79,94)/t49-,50-,51+,55-,56-,57-,58-,59-,60-,61-,64-/m0/s1. The fourth-order valence-corrected chi connectivity index (χ4v) is 12.3. The zero-order chi connectivity index (χ0) is 75.3. The zero-order valence-corrected chi connectivity index (χ0v) is 62.4. The molecule has 2 heterocycles. The van der Waals surface area contributed by atoms with Gasteiger partial charge in [0.05, 0.1) is 31.3 Å². The number of nitrogens with zero attached hydrogens (tertiary/aromatic N) is 8. The Balaban J connectivity index is 1.67. The van der Waals surface area contributed by atoms with Crippen molar-refractivity contribution in [3.63, 3.8) is 0 Å². The summed E-state index contributed by atoms with van der Waals surface area (Å²) in [7, 11) is 9.60. The molecule has 2 fully saturated rings. The predicted molar refractivity (Wildman–Crippen MR) is 382 cm³/mol. The molecule has 0 bridgehead atoms. The van der Waals surface area contributed by atoms with Crippen molar-refractivity contribution in [2.45, 2.75) is 206 Å². The maximum Gasteiger partial charge on any atom is 0.248 e. The first kappa shape index (κ1) is 82.9. The molecule has 12 amide bonds. The number of nitrogens with one attached hydrogen (secondary N) is 4. The van der Waals surface area contributed by atoms with Crippen LogP contribution in [0.3, 0.4) is 0 Å². The topological polar surface area (TPSA) is 308 Å². The number of piperidine rings is 1. The number of amides is 12. The first-order valence-electron chi connectivity index (χ1n) is 35.2. The van der Waals surface area contributed by atoms with Gasteiger partial charge in [-0.1, -0.05) is 119 Å². The van der Waals surface area contributed by atoms with Gasteiger partial charge in [0.15, 0.2) is 0 Å². The van der Waals surface area contributed by atoms with Crippen molar-refractivity contribution in [2.24, 2.45) is 11.8 Å². The number of likely N-dealkylation sites (tertiary alicyclic amines) is 1. The van der Waals surface area contributed by atoms with Crippen LogP contribution in [0.15, 0.2) is 91.0 Å². The van der Waals surface area contributed by atoms with Crippen molar-refractivity contribution in [3.05, 3.63) is 108 Å². The van der Waals surface area contributed by atoms with E-state index < -0.39 is 163 Å². The molecule has 0 aliphatic carbocycles. The van der Waals surface area contributed by atoms with Crippen molar-refractivity contribution in [1.29, 1.82) is 0 Å². The highest BCUT2D eigenvalue weighted by Gasteiger charge is 2.43. The summed E-state index contributed by atoms with van der Waals surface area (Å²) in [6, 6.07) is 13.0. The second-order valence-corrected chi connectivity index (χ2v) is 29.0. The third-order valence-corrected chi connectivity index (χ3v) is 19.0. The van der Waals surface area contributed by atoms with Gasteiger partial charge in [0.25, 0.3) is 0 Å². The molecule has 0 aromatic heterocycles. The molecule has 11 atom stereocenters. The van der Waals surface area contributed by atoms with Gasteiger partial charge in [0.2, 0.25) is 70.9 Å². The van der Waals surface area contributed by atoms with E-state index in [1.54, 1.807) is 86.3 Å². The van der Waals surface area contributed by atoms with Gasteiger partial charge in [-0.3, -0.25) is 57.5 Å². The Bertz CT molecular complexity index is 3310. The molecule has 3 aromatic rings. The van der Waals surface area contributed by atoms with E-state index in [1.165, 1.54) is 89.7 Å². The van der Waals surface area contributed by atoms with E-state index in [1.807, 2.05) is 58.0 Å². The molecule has 2 aliphatic heterocycles. The van der Waals surface area contributed by atoms with Crippen LogP contribution in [-0.2, 0) is 81.5 Å². The van der Waals surface area contributed by atoms with Gasteiger partial charge in [0.1, 0.15) is 60.4 Å². The molecule has 101 heavy (non-hydrogen) atoms. The van der Waals surface area contributed by atoms with Gasteiger partial charge < -0.3 is 70.3 Å². The second kappa shape index (κ2) is 38.3. The highest BCUT2D eigenvalue weighted by molar-refractivity contribution is 6.00. The molecule has 556 valence electrons. The number of aliphatic hydroxyl groups excluding tert-OH is 1. The number of rotatable bonds is 15. The maximum absolute atomic E-state index is 15.3. The molecule has 0 spiro atoms. The maximum atomic E-state index is 15.3. The van der Waals surface area contributed by atoms with Crippen LogP contribution >= 0.6 is 0 Å². The van der Waals surface area contributed by atoms with E-state index in [9.17, 15) is 43.5 Å². The van der Waals surface area contributed by atoms with Gasteiger partial charge in [-0.2, -0.15) is 0 Å². The van der Waals surface area contributed by atoms with Gasteiger partial charge in [-0.25, -0.2) is 0 Å². The molecule has 2 aliphatic rings. The lowest BCUT2D eigenvalue weighted by atomic mass is 9.98. The Morgan fingerprint density at radius 3 is 1.45 bits per heavy atom. The summed E-state index contributed by atoms with van der Waals surface area (Å²) >= 11 is 0. The lowest BCUT2D eigenvalue weighted by molar-refractivity contribution is -0.151. The van der Waals surface area contributed by atoms with Gasteiger partial charge in [-0.15, -0.1) is 0 Å². The first-order chi connectivity index (χ1) is 47.4. The average Bonchev–Trinajstić information content (AvgIpc) is 0.828. The van der Waals surface area contributed by atoms with Crippen LogP contribution in [0.5, 0.6) is 0 Å². The van der Waals surface area contributed by atoms with Crippen molar-refractivity contribution < 1.29 is 67.4 Å². The average molecular weight is 1410 g/mol. The molecule has 5 rings (SSSR count). The van der Waals surface area contributed by atoms with Crippen molar-refractivity contribution >= 4 is 70.9 Å². The molecule has 0 saturated carbocycles. The second-order valence-electron chi connectivity index (χ2n) is 29.0. The number of likely N-dealkylation sites (N-methyl/N-ethyl adjacent to an activating group) is 7. The van der Waals surface area contributed by atoms with Crippen LogP contribution in [-0.4, -0.2) is 263 Å². The Hall–Kier alpha value is -8.78. The van der Waals surface area contributed by atoms with Crippen LogP contribution in [0.2, 0.25) is 0 Å². The van der Waals surface area contributed by atoms with E-state index in [4.69, 9.17) is 4.74 Å². The summed E-state index contributed by atoms with van der Waals surface area (Å²) in [6.07, 6.45) is 0.258. The fourth-order valence-electron chi connectivity index (χ4n) is 12.3. The van der Waals surface area contributed by atoms with Crippen LogP contribution in [0.1, 0.15) is 131 Å². The molecule has 0 radical (unpaired) electrons. The molecule has 3 aromatic carbocycles. The minimum absolute atomic E-state index is 0.00994. The zero-order valence-electron chi connectivity index (χ0n) is 62.4. The molecule has 26 nitrogen and oxygen atoms in total. The van der Waals surface area contributed by atoms with Gasteiger partial charge >= 0.3 is 0 Å².